The molecular formula is C11H15N3O3. The molecule has 6 nitrogen and oxygen atoms in total. The van der Waals surface area contributed by atoms with Crippen LogP contribution in [0.25, 0.3) is 0 Å². The molecule has 2 heterocycles. The summed E-state index contributed by atoms with van der Waals surface area (Å²) in [6, 6.07) is 1.44. The van der Waals surface area contributed by atoms with Crippen LogP contribution in [-0.2, 0) is 4.74 Å². The largest absolute Gasteiger partial charge is 0.478 e. The molecule has 0 bridgehead atoms. The van der Waals surface area contributed by atoms with Crippen LogP contribution in [0.15, 0.2) is 12.3 Å². The van der Waals surface area contributed by atoms with Crippen molar-refractivity contribution in [2.45, 2.75) is 12.5 Å². The van der Waals surface area contributed by atoms with Crippen LogP contribution in [0.1, 0.15) is 16.8 Å². The summed E-state index contributed by atoms with van der Waals surface area (Å²) in [7, 11) is 1.68. The fourth-order valence-electron chi connectivity index (χ4n) is 1.97. The van der Waals surface area contributed by atoms with Crippen LogP contribution in [0, 0.1) is 0 Å². The second-order valence-corrected chi connectivity index (χ2v) is 4.03. The number of anilines is 2. The van der Waals surface area contributed by atoms with Crippen molar-refractivity contribution in [1.82, 2.24) is 4.98 Å². The van der Waals surface area contributed by atoms with Gasteiger partial charge in [-0.3, -0.25) is 0 Å². The van der Waals surface area contributed by atoms with Crippen LogP contribution in [-0.4, -0.2) is 42.4 Å². The normalized spacial score (nSPS) is 19.6. The second kappa shape index (κ2) is 4.58. The lowest BCUT2D eigenvalue weighted by Gasteiger charge is -2.19. The van der Waals surface area contributed by atoms with Gasteiger partial charge in [0.2, 0.25) is 0 Å². The molecule has 0 amide bonds. The molecule has 1 aromatic heterocycles. The number of carboxylic acid groups (broad SMARTS) is 1. The number of nitrogens with zero attached hydrogens (tertiary/aromatic N) is 2. The number of ether oxygens (including phenoxy) is 1. The highest BCUT2D eigenvalue weighted by Gasteiger charge is 2.24. The molecule has 0 radical (unpaired) electrons. The van der Waals surface area contributed by atoms with Gasteiger partial charge in [-0.05, 0) is 12.5 Å². The predicted molar refractivity (Wildman–Crippen MR) is 63.2 cm³/mol. The minimum Gasteiger partial charge on any atom is -0.478 e. The number of nitrogens with two attached hydrogens (primary N) is 1. The number of carboxylic acids is 1. The molecule has 2 rings (SSSR count). The SMILES string of the molecule is COC1CCN(c2ncc(C(=O)O)cc2N)C1. The first kappa shape index (κ1) is 11.7. The molecule has 1 fully saturated rings. The minimum absolute atomic E-state index is 0.105. The van der Waals surface area contributed by atoms with Gasteiger partial charge in [-0.2, -0.15) is 0 Å². The third-order valence-corrected chi connectivity index (χ3v) is 2.92. The quantitative estimate of drug-likeness (QED) is 0.799. The number of aromatic carboxylic acids is 1. The maximum Gasteiger partial charge on any atom is 0.337 e. The molecule has 0 saturated carbocycles. The summed E-state index contributed by atoms with van der Waals surface area (Å²) in [6.07, 6.45) is 2.45. The molecule has 1 saturated heterocycles. The van der Waals surface area contributed by atoms with Gasteiger partial charge in [0.1, 0.15) is 0 Å². The topological polar surface area (TPSA) is 88.7 Å². The Morgan fingerprint density at radius 3 is 3.00 bits per heavy atom. The molecule has 3 N–H and O–H groups in total. The number of aromatic nitrogens is 1. The van der Waals surface area contributed by atoms with Crippen LogP contribution in [0.3, 0.4) is 0 Å². The van der Waals surface area contributed by atoms with Gasteiger partial charge in [0, 0.05) is 26.4 Å². The highest BCUT2D eigenvalue weighted by molar-refractivity contribution is 5.89. The van der Waals surface area contributed by atoms with E-state index >= 15 is 0 Å². The molecular weight excluding hydrogens is 222 g/mol. The van der Waals surface area contributed by atoms with E-state index in [1.807, 2.05) is 4.90 Å². The van der Waals surface area contributed by atoms with Crippen molar-refractivity contribution in [3.8, 4) is 0 Å². The summed E-state index contributed by atoms with van der Waals surface area (Å²) in [5, 5.41) is 8.82. The highest BCUT2D eigenvalue weighted by atomic mass is 16.5. The molecule has 1 aliphatic rings. The summed E-state index contributed by atoms with van der Waals surface area (Å²) >= 11 is 0. The fourth-order valence-corrected chi connectivity index (χ4v) is 1.97. The summed E-state index contributed by atoms with van der Waals surface area (Å²) in [4.78, 5) is 16.9. The maximum atomic E-state index is 10.8. The van der Waals surface area contributed by atoms with Crippen molar-refractivity contribution in [2.24, 2.45) is 0 Å². The average molecular weight is 237 g/mol. The smallest absolute Gasteiger partial charge is 0.337 e. The Kier molecular flexibility index (Phi) is 3.14. The lowest BCUT2D eigenvalue weighted by Crippen LogP contribution is -2.24. The van der Waals surface area contributed by atoms with E-state index in [4.69, 9.17) is 15.6 Å². The maximum absolute atomic E-state index is 10.8. The van der Waals surface area contributed by atoms with Gasteiger partial charge >= 0.3 is 5.97 Å². The Balaban J connectivity index is 2.20. The zero-order chi connectivity index (χ0) is 12.4. The molecule has 0 aromatic carbocycles. The Labute approximate surface area is 99.0 Å². The van der Waals surface area contributed by atoms with Crippen LogP contribution >= 0.6 is 0 Å². The third kappa shape index (κ3) is 2.31. The Morgan fingerprint density at radius 1 is 1.71 bits per heavy atom. The van der Waals surface area contributed by atoms with Gasteiger partial charge in [-0.1, -0.05) is 0 Å². The number of carbonyl (C=O) groups is 1. The van der Waals surface area contributed by atoms with Crippen LogP contribution < -0.4 is 10.6 Å². The molecule has 1 atom stereocenters. The van der Waals surface area contributed by atoms with E-state index in [1.54, 1.807) is 7.11 Å². The first-order valence-corrected chi connectivity index (χ1v) is 5.38. The number of hydrogen-bond acceptors (Lipinski definition) is 5. The van der Waals surface area contributed by atoms with Crippen molar-refractivity contribution in [1.29, 1.82) is 0 Å². The molecule has 1 unspecified atom stereocenters. The van der Waals surface area contributed by atoms with E-state index in [2.05, 4.69) is 4.98 Å². The summed E-state index contributed by atoms with van der Waals surface area (Å²) in [6.45, 7) is 1.56. The standard InChI is InChI=1S/C11H15N3O3/c1-17-8-2-3-14(6-8)10-9(12)4-7(5-13-10)11(15)16/h4-5,8H,2-3,6,12H2,1H3,(H,15,16). The van der Waals surface area contributed by atoms with Crippen LogP contribution in [0.2, 0.25) is 0 Å². The van der Waals surface area contributed by atoms with E-state index in [9.17, 15) is 4.79 Å². The van der Waals surface area contributed by atoms with Crippen LogP contribution in [0.4, 0.5) is 11.5 Å². The van der Waals surface area contributed by atoms with Gasteiger partial charge in [-0.25, -0.2) is 9.78 Å². The van der Waals surface area contributed by atoms with E-state index in [-0.39, 0.29) is 11.7 Å². The third-order valence-electron chi connectivity index (χ3n) is 2.92. The Hall–Kier alpha value is -1.82. The number of methoxy groups -OCH3 is 1. The molecule has 1 aliphatic heterocycles. The first-order chi connectivity index (χ1) is 8.11. The van der Waals surface area contributed by atoms with E-state index < -0.39 is 5.97 Å². The average Bonchev–Trinajstić information content (AvgIpc) is 2.77. The van der Waals surface area contributed by atoms with Gasteiger partial charge in [0.05, 0.1) is 17.4 Å². The summed E-state index contributed by atoms with van der Waals surface area (Å²) < 4.78 is 5.26. The predicted octanol–water partition coefficient (Wildman–Crippen LogP) is 0.587. The molecule has 17 heavy (non-hydrogen) atoms. The minimum atomic E-state index is -1.02. The number of nitrogen functional groups attached to an aromatic ring is 1. The lowest BCUT2D eigenvalue weighted by molar-refractivity contribution is 0.0696. The first-order valence-electron chi connectivity index (χ1n) is 5.38. The zero-order valence-electron chi connectivity index (χ0n) is 9.59. The van der Waals surface area contributed by atoms with Gasteiger partial charge in [0.15, 0.2) is 5.82 Å². The van der Waals surface area contributed by atoms with Crippen molar-refractivity contribution in [3.05, 3.63) is 17.8 Å². The van der Waals surface area contributed by atoms with Crippen LogP contribution in [0.5, 0.6) is 0 Å². The summed E-state index contributed by atoms with van der Waals surface area (Å²) in [5.74, 6) is -0.388. The number of rotatable bonds is 3. The number of hydrogen-bond donors (Lipinski definition) is 2. The van der Waals surface area contributed by atoms with E-state index in [0.717, 1.165) is 19.5 Å². The summed E-state index contributed by atoms with van der Waals surface area (Å²) in [5.41, 5.74) is 6.31. The van der Waals surface area contributed by atoms with Gasteiger partial charge in [0.25, 0.3) is 0 Å². The second-order valence-electron chi connectivity index (χ2n) is 4.03. The molecule has 0 spiro atoms. The molecule has 1 aromatic rings. The zero-order valence-corrected chi connectivity index (χ0v) is 9.59. The van der Waals surface area contributed by atoms with Gasteiger partial charge in [-0.15, -0.1) is 0 Å². The van der Waals surface area contributed by atoms with Crippen molar-refractivity contribution in [3.63, 3.8) is 0 Å². The van der Waals surface area contributed by atoms with E-state index in [1.165, 1.54) is 12.3 Å². The van der Waals surface area contributed by atoms with Crippen molar-refractivity contribution >= 4 is 17.5 Å². The number of pyridine rings is 1. The van der Waals surface area contributed by atoms with E-state index in [0.29, 0.717) is 11.5 Å². The highest BCUT2D eigenvalue weighted by Crippen LogP contribution is 2.25. The lowest BCUT2D eigenvalue weighted by atomic mass is 10.2. The fraction of sp³-hybridized carbons (Fsp3) is 0.455. The Morgan fingerprint density at radius 2 is 2.47 bits per heavy atom. The van der Waals surface area contributed by atoms with Gasteiger partial charge < -0.3 is 20.5 Å². The molecule has 92 valence electrons. The van der Waals surface area contributed by atoms with Crippen molar-refractivity contribution in [2.75, 3.05) is 30.8 Å². The molecule has 0 aliphatic carbocycles. The monoisotopic (exact) mass is 237 g/mol. The molecule has 6 heteroatoms. The van der Waals surface area contributed by atoms with Crippen molar-refractivity contribution < 1.29 is 14.6 Å². The Bertz CT molecular complexity index is 436.